The van der Waals surface area contributed by atoms with Gasteiger partial charge in [-0.25, -0.2) is 0 Å². The van der Waals surface area contributed by atoms with Crippen LogP contribution in [0.3, 0.4) is 0 Å². The van der Waals surface area contributed by atoms with Crippen molar-refractivity contribution >= 4 is 26.8 Å². The van der Waals surface area contributed by atoms with Gasteiger partial charge in [0.05, 0.1) is 6.61 Å². The van der Waals surface area contributed by atoms with Crippen molar-refractivity contribution < 1.29 is 5.11 Å². The van der Waals surface area contributed by atoms with Gasteiger partial charge < -0.3 is 9.67 Å². The molecule has 0 aliphatic rings. The smallest absolute Gasteiger partial charge is 0.0610 e. The maximum Gasteiger partial charge on any atom is 0.0610 e. The molecule has 1 N–H and O–H groups in total. The van der Waals surface area contributed by atoms with Crippen LogP contribution < -0.4 is 0 Å². The molecule has 1 heterocycles. The maximum atomic E-state index is 9.05. The Morgan fingerprint density at radius 3 is 2.75 bits per heavy atom. The molecule has 0 radical (unpaired) electrons. The fourth-order valence-electron chi connectivity index (χ4n) is 2.05. The Morgan fingerprint density at radius 2 is 2.12 bits per heavy atom. The van der Waals surface area contributed by atoms with Gasteiger partial charge in [0, 0.05) is 28.1 Å². The summed E-state index contributed by atoms with van der Waals surface area (Å²) >= 11 is 3.51. The van der Waals surface area contributed by atoms with Gasteiger partial charge in [-0.1, -0.05) is 29.8 Å². The van der Waals surface area contributed by atoms with Crippen LogP contribution >= 0.6 is 15.9 Å². The molecule has 0 saturated carbocycles. The van der Waals surface area contributed by atoms with E-state index >= 15 is 0 Å². The van der Waals surface area contributed by atoms with Crippen molar-refractivity contribution in [3.8, 4) is 0 Å². The van der Waals surface area contributed by atoms with Gasteiger partial charge in [-0.05, 0) is 29.7 Å². The number of aliphatic hydroxyl groups is 1. The average Bonchev–Trinajstić information content (AvgIpc) is 2.57. The van der Waals surface area contributed by atoms with Crippen molar-refractivity contribution in [2.45, 2.75) is 26.3 Å². The lowest BCUT2D eigenvalue weighted by molar-refractivity contribution is 0.278. The van der Waals surface area contributed by atoms with Crippen LogP contribution in [0.4, 0.5) is 0 Å². The molecule has 86 valence electrons. The number of aliphatic hydroxyl groups excluding tert-OH is 1. The highest BCUT2D eigenvalue weighted by atomic mass is 79.9. The summed E-state index contributed by atoms with van der Waals surface area (Å²) in [5, 5.41) is 10.3. The summed E-state index contributed by atoms with van der Waals surface area (Å²) in [5.41, 5.74) is 2.53. The van der Waals surface area contributed by atoms with Crippen LogP contribution in [0.15, 0.2) is 28.9 Å². The van der Waals surface area contributed by atoms with E-state index < -0.39 is 0 Å². The van der Waals surface area contributed by atoms with Crippen molar-refractivity contribution in [1.82, 2.24) is 4.57 Å². The van der Waals surface area contributed by atoms with Gasteiger partial charge in [0.25, 0.3) is 0 Å². The summed E-state index contributed by atoms with van der Waals surface area (Å²) in [5.74, 6) is 0.497. The minimum absolute atomic E-state index is 0.178. The molecule has 0 saturated heterocycles. The van der Waals surface area contributed by atoms with E-state index in [-0.39, 0.29) is 6.61 Å². The fraction of sp³-hybridized carbons (Fsp3) is 0.385. The molecule has 2 aromatic rings. The largest absolute Gasteiger partial charge is 0.395 e. The van der Waals surface area contributed by atoms with Crippen LogP contribution in [0, 0.1) is 0 Å². The van der Waals surface area contributed by atoms with Crippen LogP contribution in [-0.2, 0) is 6.54 Å². The zero-order valence-corrected chi connectivity index (χ0v) is 11.2. The monoisotopic (exact) mass is 281 g/mol. The molecule has 0 unspecified atom stereocenters. The highest BCUT2D eigenvalue weighted by molar-refractivity contribution is 9.10. The lowest BCUT2D eigenvalue weighted by atomic mass is 10.0. The van der Waals surface area contributed by atoms with E-state index in [1.54, 1.807) is 0 Å². The molecule has 1 aromatic carbocycles. The van der Waals surface area contributed by atoms with Gasteiger partial charge in [-0.15, -0.1) is 0 Å². The second-order valence-electron chi connectivity index (χ2n) is 4.32. The van der Waals surface area contributed by atoms with Crippen molar-refractivity contribution in [2.75, 3.05) is 6.61 Å². The summed E-state index contributed by atoms with van der Waals surface area (Å²) in [6.45, 7) is 5.22. The predicted molar refractivity (Wildman–Crippen MR) is 70.8 cm³/mol. The number of hydrogen-bond donors (Lipinski definition) is 1. The zero-order chi connectivity index (χ0) is 11.7. The first-order valence-corrected chi connectivity index (χ1v) is 6.32. The molecule has 0 amide bonds. The van der Waals surface area contributed by atoms with Gasteiger partial charge in [-0.2, -0.15) is 0 Å². The van der Waals surface area contributed by atoms with Crippen molar-refractivity contribution in [1.29, 1.82) is 0 Å². The van der Waals surface area contributed by atoms with Crippen LogP contribution in [0.2, 0.25) is 0 Å². The first-order valence-electron chi connectivity index (χ1n) is 5.52. The molecule has 0 aliphatic carbocycles. The molecule has 2 nitrogen and oxygen atoms in total. The molecule has 16 heavy (non-hydrogen) atoms. The standard InChI is InChI=1S/C13H16BrNO/c1-9(2)12-8-15(5-6-16)13-4-3-10(14)7-11(12)13/h3-4,7-9,16H,5-6H2,1-2H3. The van der Waals surface area contributed by atoms with E-state index in [9.17, 15) is 0 Å². The Labute approximate surface area is 104 Å². The molecule has 2 rings (SSSR count). The quantitative estimate of drug-likeness (QED) is 0.915. The topological polar surface area (TPSA) is 25.2 Å². The highest BCUT2D eigenvalue weighted by Gasteiger charge is 2.11. The minimum Gasteiger partial charge on any atom is -0.395 e. The fourth-order valence-corrected chi connectivity index (χ4v) is 2.41. The lowest BCUT2D eigenvalue weighted by Gasteiger charge is -2.02. The number of rotatable bonds is 3. The van der Waals surface area contributed by atoms with Gasteiger partial charge in [0.15, 0.2) is 0 Å². The molecule has 1 aromatic heterocycles. The first-order chi connectivity index (χ1) is 7.63. The van der Waals surface area contributed by atoms with Crippen LogP contribution in [0.1, 0.15) is 25.3 Å². The summed E-state index contributed by atoms with van der Waals surface area (Å²) < 4.78 is 3.22. The average molecular weight is 282 g/mol. The Kier molecular flexibility index (Phi) is 3.36. The zero-order valence-electron chi connectivity index (χ0n) is 9.57. The van der Waals surface area contributed by atoms with E-state index in [0.717, 1.165) is 4.47 Å². The second-order valence-corrected chi connectivity index (χ2v) is 5.23. The van der Waals surface area contributed by atoms with Crippen molar-refractivity contribution in [2.24, 2.45) is 0 Å². The van der Waals surface area contributed by atoms with Crippen molar-refractivity contribution in [3.05, 3.63) is 34.4 Å². The second kappa shape index (κ2) is 4.60. The van der Waals surface area contributed by atoms with Crippen LogP contribution in [0.5, 0.6) is 0 Å². The van der Waals surface area contributed by atoms with Gasteiger partial charge in [0.2, 0.25) is 0 Å². The molecular formula is C13H16BrNO. The predicted octanol–water partition coefficient (Wildman–Crippen LogP) is 3.52. The van der Waals surface area contributed by atoms with Gasteiger partial charge >= 0.3 is 0 Å². The third kappa shape index (κ3) is 2.02. The SMILES string of the molecule is CC(C)c1cn(CCO)c2ccc(Br)cc12. The number of hydrogen-bond acceptors (Lipinski definition) is 1. The number of fused-ring (bicyclic) bond motifs is 1. The summed E-state index contributed by atoms with van der Waals surface area (Å²) in [6, 6.07) is 6.29. The molecule has 3 heteroatoms. The van der Waals surface area contributed by atoms with E-state index in [2.05, 4.69) is 52.7 Å². The summed E-state index contributed by atoms with van der Waals surface area (Å²) in [7, 11) is 0. The number of halogens is 1. The number of aromatic nitrogens is 1. The summed E-state index contributed by atoms with van der Waals surface area (Å²) in [6.07, 6.45) is 2.15. The Hall–Kier alpha value is -0.800. The van der Waals surface area contributed by atoms with Gasteiger partial charge in [0.1, 0.15) is 0 Å². The molecular weight excluding hydrogens is 266 g/mol. The lowest BCUT2D eigenvalue weighted by Crippen LogP contribution is -1.99. The van der Waals surface area contributed by atoms with Gasteiger partial charge in [-0.3, -0.25) is 0 Å². The molecule has 0 fully saturated rings. The van der Waals surface area contributed by atoms with E-state index in [1.807, 2.05) is 6.07 Å². The Morgan fingerprint density at radius 1 is 1.38 bits per heavy atom. The Bertz CT molecular complexity index is 502. The third-order valence-corrected chi connectivity index (χ3v) is 3.33. The van der Waals surface area contributed by atoms with Crippen LogP contribution in [0.25, 0.3) is 10.9 Å². The number of benzene rings is 1. The molecule has 0 aliphatic heterocycles. The molecule has 0 spiro atoms. The van der Waals surface area contributed by atoms with E-state index in [0.29, 0.717) is 12.5 Å². The van der Waals surface area contributed by atoms with Crippen LogP contribution in [-0.4, -0.2) is 16.3 Å². The third-order valence-electron chi connectivity index (χ3n) is 2.84. The molecule has 0 atom stereocenters. The first kappa shape index (κ1) is 11.7. The normalized spacial score (nSPS) is 11.6. The van der Waals surface area contributed by atoms with E-state index in [1.165, 1.54) is 16.5 Å². The Balaban J connectivity index is 2.66. The number of nitrogens with zero attached hydrogens (tertiary/aromatic N) is 1. The van der Waals surface area contributed by atoms with Crippen molar-refractivity contribution in [3.63, 3.8) is 0 Å². The summed E-state index contributed by atoms with van der Waals surface area (Å²) in [4.78, 5) is 0. The highest BCUT2D eigenvalue weighted by Crippen LogP contribution is 2.29. The minimum atomic E-state index is 0.178. The van der Waals surface area contributed by atoms with E-state index in [4.69, 9.17) is 5.11 Å². The maximum absolute atomic E-state index is 9.05. The molecule has 0 bridgehead atoms.